The summed E-state index contributed by atoms with van der Waals surface area (Å²) in [5.74, 6) is -0.271. The van der Waals surface area contributed by atoms with Crippen LogP contribution in [0.4, 0.5) is 5.69 Å². The van der Waals surface area contributed by atoms with Crippen LogP contribution in [0.3, 0.4) is 0 Å². The standard InChI is InChI=1S/C18H20BrN3O3/c1-10-7-14(19)12(18(24)25-3)8-15(10)21-17(23)16-13(9-20-22(16)2)11-5-4-6-11/h7-9,11H,4-6H2,1-3H3,(H,21,23). The maximum Gasteiger partial charge on any atom is 0.339 e. The SMILES string of the molecule is COC(=O)c1cc(NC(=O)c2c(C3CCC3)cnn2C)c(C)cc1Br. The van der Waals surface area contributed by atoms with Crippen LogP contribution in [0.5, 0.6) is 0 Å². The number of amides is 1. The van der Waals surface area contributed by atoms with Crippen LogP contribution in [0.15, 0.2) is 22.8 Å². The zero-order valence-electron chi connectivity index (χ0n) is 14.4. The van der Waals surface area contributed by atoms with Gasteiger partial charge in [-0.1, -0.05) is 6.42 Å². The van der Waals surface area contributed by atoms with Crippen molar-refractivity contribution < 1.29 is 14.3 Å². The number of aromatic nitrogens is 2. The summed E-state index contributed by atoms with van der Waals surface area (Å²) >= 11 is 3.36. The number of hydrogen-bond donors (Lipinski definition) is 1. The zero-order chi connectivity index (χ0) is 18.1. The number of rotatable bonds is 4. The zero-order valence-corrected chi connectivity index (χ0v) is 16.0. The molecule has 0 spiro atoms. The molecule has 1 amide bonds. The molecule has 25 heavy (non-hydrogen) atoms. The number of nitrogens with zero attached hydrogens (tertiary/aromatic N) is 2. The van der Waals surface area contributed by atoms with Crippen molar-refractivity contribution in [2.45, 2.75) is 32.1 Å². The highest BCUT2D eigenvalue weighted by Crippen LogP contribution is 2.38. The van der Waals surface area contributed by atoms with Gasteiger partial charge in [0.25, 0.3) is 5.91 Å². The summed E-state index contributed by atoms with van der Waals surface area (Å²) in [6.07, 6.45) is 5.16. The minimum atomic E-state index is -0.460. The lowest BCUT2D eigenvalue weighted by Gasteiger charge is -2.25. The highest BCUT2D eigenvalue weighted by Gasteiger charge is 2.28. The van der Waals surface area contributed by atoms with Crippen LogP contribution < -0.4 is 5.32 Å². The van der Waals surface area contributed by atoms with E-state index in [4.69, 9.17) is 4.74 Å². The number of methoxy groups -OCH3 is 1. The van der Waals surface area contributed by atoms with E-state index in [1.165, 1.54) is 13.5 Å². The summed E-state index contributed by atoms with van der Waals surface area (Å²) in [4.78, 5) is 24.7. The van der Waals surface area contributed by atoms with E-state index >= 15 is 0 Å². The molecule has 132 valence electrons. The third kappa shape index (κ3) is 3.33. The van der Waals surface area contributed by atoms with Gasteiger partial charge >= 0.3 is 5.97 Å². The predicted octanol–water partition coefficient (Wildman–Crippen LogP) is 3.80. The summed E-state index contributed by atoms with van der Waals surface area (Å²) in [7, 11) is 3.10. The van der Waals surface area contributed by atoms with Gasteiger partial charge in [0.1, 0.15) is 5.69 Å². The Morgan fingerprint density at radius 2 is 2.08 bits per heavy atom. The third-order valence-electron chi connectivity index (χ3n) is 4.69. The first-order valence-electron chi connectivity index (χ1n) is 8.14. The van der Waals surface area contributed by atoms with E-state index < -0.39 is 5.97 Å². The van der Waals surface area contributed by atoms with E-state index in [0.29, 0.717) is 27.3 Å². The molecule has 3 rings (SSSR count). The summed E-state index contributed by atoms with van der Waals surface area (Å²) in [6, 6.07) is 3.42. The lowest BCUT2D eigenvalue weighted by Crippen LogP contribution is -2.21. The average molecular weight is 406 g/mol. The average Bonchev–Trinajstić information content (AvgIpc) is 2.89. The maximum atomic E-state index is 12.8. The van der Waals surface area contributed by atoms with Gasteiger partial charge < -0.3 is 10.1 Å². The number of carbonyl (C=O) groups is 2. The minimum absolute atomic E-state index is 0.219. The summed E-state index contributed by atoms with van der Waals surface area (Å²) in [5, 5.41) is 7.17. The Kier molecular flexibility index (Phi) is 4.94. The van der Waals surface area contributed by atoms with Crippen LogP contribution in [0.25, 0.3) is 0 Å². The molecule has 0 atom stereocenters. The van der Waals surface area contributed by atoms with E-state index in [-0.39, 0.29) is 5.91 Å². The Morgan fingerprint density at radius 1 is 1.36 bits per heavy atom. The van der Waals surface area contributed by atoms with Gasteiger partial charge in [-0.25, -0.2) is 4.79 Å². The Labute approximate surface area is 154 Å². The van der Waals surface area contributed by atoms with E-state index in [9.17, 15) is 9.59 Å². The lowest BCUT2D eigenvalue weighted by molar-refractivity contribution is 0.0599. The molecular formula is C18H20BrN3O3. The van der Waals surface area contributed by atoms with Gasteiger partial charge in [0, 0.05) is 22.8 Å². The van der Waals surface area contributed by atoms with Crippen molar-refractivity contribution in [2.75, 3.05) is 12.4 Å². The monoisotopic (exact) mass is 405 g/mol. The van der Waals surface area contributed by atoms with Gasteiger partial charge in [0.15, 0.2) is 0 Å². The Bertz CT molecular complexity index is 840. The van der Waals surface area contributed by atoms with Crippen molar-refractivity contribution in [1.82, 2.24) is 9.78 Å². The predicted molar refractivity (Wildman–Crippen MR) is 98.0 cm³/mol. The van der Waals surface area contributed by atoms with E-state index in [0.717, 1.165) is 24.0 Å². The number of esters is 1. The molecule has 1 aromatic carbocycles. The molecule has 0 unspecified atom stereocenters. The smallest absolute Gasteiger partial charge is 0.339 e. The van der Waals surface area contributed by atoms with Crippen molar-refractivity contribution in [3.8, 4) is 0 Å². The quantitative estimate of drug-likeness (QED) is 0.784. The van der Waals surface area contributed by atoms with Gasteiger partial charge in [-0.05, 0) is 59.3 Å². The van der Waals surface area contributed by atoms with Crippen LogP contribution in [0.2, 0.25) is 0 Å². The molecule has 1 heterocycles. The summed E-state index contributed by atoms with van der Waals surface area (Å²) < 4.78 is 7.02. The van der Waals surface area contributed by atoms with E-state index in [1.54, 1.807) is 30.1 Å². The first-order chi connectivity index (χ1) is 11.9. The minimum Gasteiger partial charge on any atom is -0.465 e. The fraction of sp³-hybridized carbons (Fsp3) is 0.389. The molecule has 1 saturated carbocycles. The van der Waals surface area contributed by atoms with Crippen LogP contribution in [-0.4, -0.2) is 28.8 Å². The molecule has 0 bridgehead atoms. The fourth-order valence-electron chi connectivity index (χ4n) is 3.01. The molecular weight excluding hydrogens is 386 g/mol. The molecule has 6 nitrogen and oxygen atoms in total. The summed E-state index contributed by atoms with van der Waals surface area (Å²) in [5.41, 5.74) is 3.36. The van der Waals surface area contributed by atoms with Crippen molar-refractivity contribution in [2.24, 2.45) is 7.05 Å². The van der Waals surface area contributed by atoms with Crippen molar-refractivity contribution in [3.05, 3.63) is 45.2 Å². The Morgan fingerprint density at radius 3 is 2.68 bits per heavy atom. The molecule has 0 saturated heterocycles. The lowest BCUT2D eigenvalue weighted by atomic mass is 9.80. The number of halogens is 1. The van der Waals surface area contributed by atoms with Crippen LogP contribution in [-0.2, 0) is 11.8 Å². The number of carbonyl (C=O) groups excluding carboxylic acids is 2. The Balaban J connectivity index is 1.91. The fourth-order valence-corrected chi connectivity index (χ4v) is 3.63. The molecule has 0 radical (unpaired) electrons. The molecule has 7 heteroatoms. The molecule has 1 fully saturated rings. The van der Waals surface area contributed by atoms with E-state index in [2.05, 4.69) is 26.3 Å². The number of nitrogens with one attached hydrogen (secondary N) is 1. The Hall–Kier alpha value is -2.15. The first kappa shape index (κ1) is 17.7. The second-order valence-corrected chi connectivity index (χ2v) is 7.15. The van der Waals surface area contributed by atoms with Crippen molar-refractivity contribution in [3.63, 3.8) is 0 Å². The number of aryl methyl sites for hydroxylation is 2. The molecule has 0 aliphatic heterocycles. The third-order valence-corrected chi connectivity index (χ3v) is 5.35. The normalized spacial score (nSPS) is 14.1. The molecule has 1 aromatic heterocycles. The highest BCUT2D eigenvalue weighted by atomic mass is 79.9. The van der Waals surface area contributed by atoms with Gasteiger partial charge in [-0.2, -0.15) is 5.10 Å². The van der Waals surface area contributed by atoms with Crippen LogP contribution >= 0.6 is 15.9 Å². The van der Waals surface area contributed by atoms with Crippen LogP contribution in [0.1, 0.15) is 57.2 Å². The molecule has 1 aliphatic rings. The van der Waals surface area contributed by atoms with Gasteiger partial charge in [0.05, 0.1) is 18.9 Å². The van der Waals surface area contributed by atoms with E-state index in [1.807, 2.05) is 6.92 Å². The summed E-state index contributed by atoms with van der Waals surface area (Å²) in [6.45, 7) is 1.87. The van der Waals surface area contributed by atoms with Gasteiger partial charge in [-0.3, -0.25) is 9.48 Å². The van der Waals surface area contributed by atoms with Crippen molar-refractivity contribution >= 4 is 33.5 Å². The number of benzene rings is 1. The number of anilines is 1. The highest BCUT2D eigenvalue weighted by molar-refractivity contribution is 9.10. The van der Waals surface area contributed by atoms with Gasteiger partial charge in [0.2, 0.25) is 0 Å². The topological polar surface area (TPSA) is 73.2 Å². The largest absolute Gasteiger partial charge is 0.465 e. The van der Waals surface area contributed by atoms with Crippen LogP contribution in [0, 0.1) is 6.92 Å². The molecule has 2 aromatic rings. The maximum absolute atomic E-state index is 12.8. The number of ether oxygens (including phenoxy) is 1. The second-order valence-electron chi connectivity index (χ2n) is 6.29. The first-order valence-corrected chi connectivity index (χ1v) is 8.93. The number of hydrogen-bond acceptors (Lipinski definition) is 4. The van der Waals surface area contributed by atoms with Crippen molar-refractivity contribution in [1.29, 1.82) is 0 Å². The van der Waals surface area contributed by atoms with Gasteiger partial charge in [-0.15, -0.1) is 0 Å². The molecule has 1 aliphatic carbocycles. The second kappa shape index (κ2) is 7.00. The molecule has 1 N–H and O–H groups in total.